The van der Waals surface area contributed by atoms with Crippen LogP contribution in [0.15, 0.2) is 48.5 Å². The average molecular weight is 945 g/mol. The molecule has 0 radical (unpaired) electrons. The topological polar surface area (TPSA) is 282 Å². The van der Waals surface area contributed by atoms with Crippen molar-refractivity contribution >= 4 is 48.5 Å². The molecule has 6 rings (SSSR count). The van der Waals surface area contributed by atoms with Crippen molar-refractivity contribution in [1.29, 1.82) is 0 Å². The van der Waals surface area contributed by atoms with E-state index >= 15 is 0 Å². The van der Waals surface area contributed by atoms with E-state index < -0.39 is 90.3 Å². The van der Waals surface area contributed by atoms with Crippen molar-refractivity contribution in [2.45, 2.75) is 161 Å². The largest absolute Gasteiger partial charge is 0.481 e. The van der Waals surface area contributed by atoms with Crippen LogP contribution in [0.5, 0.6) is 0 Å². The zero-order valence-electron chi connectivity index (χ0n) is 40.7. The molecule has 2 aromatic rings. The van der Waals surface area contributed by atoms with E-state index in [-0.39, 0.29) is 42.9 Å². The Morgan fingerprint density at radius 3 is 1.93 bits per heavy atom. The number of aliphatic carboxylic acids is 1. The van der Waals surface area contributed by atoms with Crippen LogP contribution in [0.3, 0.4) is 0 Å². The van der Waals surface area contributed by atoms with Gasteiger partial charge in [0, 0.05) is 18.5 Å². The summed E-state index contributed by atoms with van der Waals surface area (Å²) in [6.45, 7) is 13.3. The highest BCUT2D eigenvalue weighted by molar-refractivity contribution is 6.47. The smallest absolute Gasteiger partial charge is 0.480 e. The van der Waals surface area contributed by atoms with E-state index in [9.17, 15) is 38.7 Å². The van der Waals surface area contributed by atoms with Gasteiger partial charge in [-0.05, 0) is 132 Å². The van der Waals surface area contributed by atoms with E-state index in [1.54, 1.807) is 31.2 Å². The fourth-order valence-electron chi connectivity index (χ4n) is 9.67. The molecule has 10 atom stereocenters. The van der Waals surface area contributed by atoms with Gasteiger partial charge < -0.3 is 57.8 Å². The predicted molar refractivity (Wildman–Crippen MR) is 257 cm³/mol. The molecule has 2 bridgehead atoms. The highest BCUT2D eigenvalue weighted by atomic mass is 16.7. The SMILES string of the molecule is CCCCc1ccc(-c2ccc(C(=O)N[C@@H](CN)C(=O)N[C@@H](CCC(=O)N[C@H](C)C(=O)O)C(=O)N[C@@H](C)C(=O)N[C@@H](CCCCN)C(=O)N[C@@H](C)B3O[C@@H]4C[C@@H]5C[C@@H](C5(C)C)[C@]4(C)O3)cc2)cc1. The van der Waals surface area contributed by atoms with Gasteiger partial charge in [0.25, 0.3) is 5.91 Å². The number of carbonyl (C=O) groups excluding carboxylic acids is 6. The third-order valence-corrected chi connectivity index (χ3v) is 14.2. The quantitative estimate of drug-likeness (QED) is 0.0513. The van der Waals surface area contributed by atoms with Crippen molar-refractivity contribution < 1.29 is 48.0 Å². The minimum atomic E-state index is -1.44. The number of carboxylic acid groups (broad SMARTS) is 1. The van der Waals surface area contributed by atoms with Crippen molar-refractivity contribution in [1.82, 2.24) is 31.9 Å². The number of carbonyl (C=O) groups is 7. The van der Waals surface area contributed by atoms with Crippen molar-refractivity contribution in [3.63, 3.8) is 0 Å². The van der Waals surface area contributed by atoms with Crippen LogP contribution in [0.2, 0.25) is 0 Å². The van der Waals surface area contributed by atoms with Gasteiger partial charge in [-0.1, -0.05) is 63.6 Å². The lowest BCUT2D eigenvalue weighted by atomic mass is 9.43. The third-order valence-electron chi connectivity index (χ3n) is 14.2. The van der Waals surface area contributed by atoms with E-state index in [1.165, 1.54) is 19.4 Å². The van der Waals surface area contributed by atoms with Gasteiger partial charge in [-0.3, -0.25) is 33.6 Å². The first-order chi connectivity index (χ1) is 32.2. The molecule has 19 heteroatoms. The number of hydrogen-bond acceptors (Lipinski definition) is 11. The average Bonchev–Trinajstić information content (AvgIpc) is 3.68. The molecule has 11 N–H and O–H groups in total. The normalized spacial score (nSPS) is 22.7. The molecule has 372 valence electrons. The Labute approximate surface area is 400 Å². The lowest BCUT2D eigenvalue weighted by Crippen LogP contribution is -2.65. The molecule has 0 aromatic heterocycles. The van der Waals surface area contributed by atoms with E-state index in [4.69, 9.17) is 20.8 Å². The Balaban J connectivity index is 1.21. The molecule has 1 heterocycles. The van der Waals surface area contributed by atoms with Crippen LogP contribution >= 0.6 is 0 Å². The van der Waals surface area contributed by atoms with Crippen molar-refractivity contribution in [2.24, 2.45) is 28.7 Å². The van der Waals surface area contributed by atoms with Gasteiger partial charge in [-0.25, -0.2) is 0 Å². The molecule has 0 unspecified atom stereocenters. The summed E-state index contributed by atoms with van der Waals surface area (Å²) < 4.78 is 12.9. The summed E-state index contributed by atoms with van der Waals surface area (Å²) in [5.41, 5.74) is 14.7. The number of carboxylic acids is 1. The maximum atomic E-state index is 13.9. The van der Waals surface area contributed by atoms with Crippen molar-refractivity contribution in [3.8, 4) is 11.1 Å². The molecule has 18 nitrogen and oxygen atoms in total. The lowest BCUT2D eigenvalue weighted by Gasteiger charge is -2.64. The predicted octanol–water partition coefficient (Wildman–Crippen LogP) is 2.50. The highest BCUT2D eigenvalue weighted by Crippen LogP contribution is 2.65. The highest BCUT2D eigenvalue weighted by Gasteiger charge is 2.68. The second-order valence-corrected chi connectivity index (χ2v) is 19.6. The number of unbranched alkanes of at least 4 members (excludes halogenated alkanes) is 2. The molecule has 3 saturated carbocycles. The number of nitrogens with one attached hydrogen (secondary N) is 6. The molecule has 68 heavy (non-hydrogen) atoms. The van der Waals surface area contributed by atoms with Gasteiger partial charge in [0.2, 0.25) is 29.5 Å². The second-order valence-electron chi connectivity index (χ2n) is 19.6. The van der Waals surface area contributed by atoms with Crippen LogP contribution < -0.4 is 43.4 Å². The molecular formula is C49H73BN8O10. The zero-order valence-corrected chi connectivity index (χ0v) is 40.7. The number of aryl methyl sites for hydroxylation is 1. The van der Waals surface area contributed by atoms with Gasteiger partial charge in [0.15, 0.2) is 0 Å². The first-order valence-electron chi connectivity index (χ1n) is 24.2. The van der Waals surface area contributed by atoms with Gasteiger partial charge in [0.05, 0.1) is 17.6 Å². The Hall–Kier alpha value is -5.37. The Morgan fingerprint density at radius 2 is 1.32 bits per heavy atom. The fourth-order valence-corrected chi connectivity index (χ4v) is 9.67. The maximum Gasteiger partial charge on any atom is 0.481 e. The van der Waals surface area contributed by atoms with Gasteiger partial charge in [-0.2, -0.15) is 0 Å². The molecule has 1 aliphatic heterocycles. The number of hydrogen-bond donors (Lipinski definition) is 9. The molecule has 0 spiro atoms. The van der Waals surface area contributed by atoms with Crippen LogP contribution in [0, 0.1) is 17.3 Å². The van der Waals surface area contributed by atoms with Crippen LogP contribution in [0.1, 0.15) is 122 Å². The summed E-state index contributed by atoms with van der Waals surface area (Å²) >= 11 is 0. The van der Waals surface area contributed by atoms with E-state index in [0.717, 1.165) is 43.2 Å². The maximum absolute atomic E-state index is 13.9. The number of rotatable bonds is 25. The number of nitrogens with two attached hydrogens (primary N) is 2. The van der Waals surface area contributed by atoms with Gasteiger partial charge in [0.1, 0.15) is 30.2 Å². The summed E-state index contributed by atoms with van der Waals surface area (Å²) in [6.07, 6.45) is 5.75. The second kappa shape index (κ2) is 23.8. The van der Waals surface area contributed by atoms with Gasteiger partial charge in [-0.15, -0.1) is 0 Å². The van der Waals surface area contributed by atoms with Crippen LogP contribution in [-0.4, -0.2) is 115 Å². The van der Waals surface area contributed by atoms with Crippen molar-refractivity contribution in [2.75, 3.05) is 13.1 Å². The lowest BCUT2D eigenvalue weighted by molar-refractivity contribution is -0.199. The first-order valence-corrected chi connectivity index (χ1v) is 24.2. The molecule has 4 aliphatic rings. The minimum absolute atomic E-state index is 0.0862. The van der Waals surface area contributed by atoms with E-state index in [2.05, 4.69) is 71.7 Å². The van der Waals surface area contributed by atoms with E-state index in [1.807, 2.05) is 12.1 Å². The Morgan fingerprint density at radius 1 is 0.721 bits per heavy atom. The molecule has 4 fully saturated rings. The van der Waals surface area contributed by atoms with Crippen LogP contribution in [-0.2, 0) is 44.5 Å². The minimum Gasteiger partial charge on any atom is -0.480 e. The molecule has 6 amide bonds. The monoisotopic (exact) mass is 945 g/mol. The number of benzene rings is 2. The Kier molecular flexibility index (Phi) is 18.7. The molecular weight excluding hydrogens is 871 g/mol. The Bertz CT molecular complexity index is 2110. The summed E-state index contributed by atoms with van der Waals surface area (Å²) in [7, 11) is -0.688. The summed E-state index contributed by atoms with van der Waals surface area (Å²) in [5, 5.41) is 25.0. The summed E-state index contributed by atoms with van der Waals surface area (Å²) in [5.74, 6) is -5.12. The molecule has 1 saturated heterocycles. The van der Waals surface area contributed by atoms with E-state index in [0.29, 0.717) is 31.2 Å². The molecule has 3 aliphatic carbocycles. The van der Waals surface area contributed by atoms with Gasteiger partial charge >= 0.3 is 13.1 Å². The van der Waals surface area contributed by atoms with Crippen LogP contribution in [0.4, 0.5) is 0 Å². The van der Waals surface area contributed by atoms with Crippen LogP contribution in [0.25, 0.3) is 11.1 Å². The first kappa shape index (κ1) is 53.6. The third kappa shape index (κ3) is 13.2. The standard InChI is InChI=1S/C49H73BN8O10/c1-8-9-12-31-14-16-32(17-15-31)33-18-20-34(21-19-33)43(61)58-38(27-52)46(64)57-37(22-23-41(59)53-29(3)47(65)66)44(62)54-28(2)42(60)56-36(13-10-11-24-51)45(63)55-30(4)50-67-40-26-35-25-39(48(35,5)6)49(40,7)68-50/h14-21,28-30,35-40H,8-13,22-27,51-52H2,1-7H3,(H,53,59)(H,54,62)(H,55,63)(H,56,60)(H,57,64)(H,58,61)(H,65,66)/t28-,29+,30-,35-,36-,37-,38-,39-,40+,49-/m0/s1. The molecule has 2 aromatic carbocycles. The zero-order chi connectivity index (χ0) is 49.9. The van der Waals surface area contributed by atoms with Crippen molar-refractivity contribution in [3.05, 3.63) is 59.7 Å². The number of amides is 6. The summed E-state index contributed by atoms with van der Waals surface area (Å²) in [4.78, 5) is 92.5. The summed E-state index contributed by atoms with van der Waals surface area (Å²) in [6, 6.07) is 8.84. The fraction of sp³-hybridized carbons (Fsp3) is 0.612.